The van der Waals surface area contributed by atoms with Crippen molar-refractivity contribution >= 4 is 33.2 Å². The summed E-state index contributed by atoms with van der Waals surface area (Å²) in [5.74, 6) is 0.0611. The van der Waals surface area contributed by atoms with Crippen LogP contribution in [0, 0.1) is 6.92 Å². The van der Waals surface area contributed by atoms with E-state index in [4.69, 9.17) is 0 Å². The molecule has 21 heavy (non-hydrogen) atoms. The third kappa shape index (κ3) is 4.33. The van der Waals surface area contributed by atoms with E-state index in [9.17, 15) is 4.79 Å². The number of benzene rings is 2. The number of carbonyl (C=O) groups excluding carboxylic acids is 1. The molecule has 0 aliphatic heterocycles. The van der Waals surface area contributed by atoms with Gasteiger partial charge in [-0.05, 0) is 55.8 Å². The van der Waals surface area contributed by atoms with Crippen LogP contribution in [0.2, 0.25) is 0 Å². The highest BCUT2D eigenvalue weighted by molar-refractivity contribution is 9.10. The summed E-state index contributed by atoms with van der Waals surface area (Å²) in [4.78, 5) is 14.2. The Hall–Kier alpha value is -1.81. The zero-order valence-corrected chi connectivity index (χ0v) is 13.9. The second kappa shape index (κ2) is 7.27. The molecule has 2 aromatic rings. The summed E-state index contributed by atoms with van der Waals surface area (Å²) in [6.07, 6.45) is 0. The Morgan fingerprint density at radius 3 is 2.52 bits per heavy atom. The molecule has 0 aliphatic rings. The van der Waals surface area contributed by atoms with Gasteiger partial charge in [0.25, 0.3) is 0 Å². The molecular formula is C17H19BrN2O. The van der Waals surface area contributed by atoms with Crippen molar-refractivity contribution in [2.24, 2.45) is 0 Å². The molecule has 0 saturated heterocycles. The SMILES string of the molecule is CCN(C(=O)CNc1ccc(Br)cc1)c1cccc(C)c1. The molecule has 0 bridgehead atoms. The Labute approximate surface area is 134 Å². The minimum atomic E-state index is 0.0611. The molecule has 0 heterocycles. The maximum absolute atomic E-state index is 12.4. The van der Waals surface area contributed by atoms with E-state index in [1.54, 1.807) is 4.90 Å². The average molecular weight is 347 g/mol. The van der Waals surface area contributed by atoms with E-state index < -0.39 is 0 Å². The molecule has 1 amide bonds. The number of amides is 1. The summed E-state index contributed by atoms with van der Waals surface area (Å²) in [5, 5.41) is 3.16. The number of aryl methyl sites for hydroxylation is 1. The van der Waals surface area contributed by atoms with Crippen LogP contribution >= 0.6 is 15.9 Å². The van der Waals surface area contributed by atoms with Crippen LogP contribution in [0.5, 0.6) is 0 Å². The van der Waals surface area contributed by atoms with Crippen molar-refractivity contribution < 1.29 is 4.79 Å². The van der Waals surface area contributed by atoms with Crippen LogP contribution in [0.25, 0.3) is 0 Å². The smallest absolute Gasteiger partial charge is 0.246 e. The first kappa shape index (κ1) is 15.6. The molecule has 4 heteroatoms. The predicted molar refractivity (Wildman–Crippen MR) is 91.8 cm³/mol. The molecule has 3 nitrogen and oxygen atoms in total. The standard InChI is InChI=1S/C17H19BrN2O/c1-3-20(16-6-4-5-13(2)11-16)17(21)12-19-15-9-7-14(18)8-10-15/h4-11,19H,3,12H2,1-2H3. The number of anilines is 2. The number of rotatable bonds is 5. The van der Waals surface area contributed by atoms with Gasteiger partial charge in [-0.15, -0.1) is 0 Å². The van der Waals surface area contributed by atoms with Crippen LogP contribution in [-0.2, 0) is 4.79 Å². The van der Waals surface area contributed by atoms with Crippen molar-refractivity contribution in [3.8, 4) is 0 Å². The monoisotopic (exact) mass is 346 g/mol. The van der Waals surface area contributed by atoms with E-state index in [-0.39, 0.29) is 12.5 Å². The minimum absolute atomic E-state index is 0.0611. The zero-order valence-electron chi connectivity index (χ0n) is 12.3. The van der Waals surface area contributed by atoms with E-state index in [0.717, 1.165) is 21.4 Å². The molecule has 2 rings (SSSR count). The molecule has 0 fully saturated rings. The van der Waals surface area contributed by atoms with Gasteiger partial charge in [0.15, 0.2) is 0 Å². The Balaban J connectivity index is 2.02. The molecule has 0 radical (unpaired) electrons. The first-order valence-corrected chi connectivity index (χ1v) is 7.76. The number of halogens is 1. The highest BCUT2D eigenvalue weighted by Crippen LogP contribution is 2.17. The number of nitrogens with zero attached hydrogens (tertiary/aromatic N) is 1. The summed E-state index contributed by atoms with van der Waals surface area (Å²) in [6, 6.07) is 15.8. The largest absolute Gasteiger partial charge is 0.376 e. The van der Waals surface area contributed by atoms with E-state index >= 15 is 0 Å². The maximum atomic E-state index is 12.4. The number of hydrogen-bond acceptors (Lipinski definition) is 2. The number of likely N-dealkylation sites (N-methyl/N-ethyl adjacent to an activating group) is 1. The Bertz CT molecular complexity index is 610. The van der Waals surface area contributed by atoms with Crippen LogP contribution in [0.1, 0.15) is 12.5 Å². The van der Waals surface area contributed by atoms with Crippen molar-refractivity contribution in [1.82, 2.24) is 0 Å². The van der Waals surface area contributed by atoms with Crippen molar-refractivity contribution in [3.05, 3.63) is 58.6 Å². The van der Waals surface area contributed by atoms with E-state index in [0.29, 0.717) is 6.54 Å². The zero-order chi connectivity index (χ0) is 15.2. The van der Waals surface area contributed by atoms with Crippen molar-refractivity contribution in [1.29, 1.82) is 0 Å². The topological polar surface area (TPSA) is 32.3 Å². The van der Waals surface area contributed by atoms with Crippen molar-refractivity contribution in [2.45, 2.75) is 13.8 Å². The van der Waals surface area contributed by atoms with Crippen LogP contribution in [0.3, 0.4) is 0 Å². The molecule has 0 unspecified atom stereocenters. The normalized spacial score (nSPS) is 10.2. The summed E-state index contributed by atoms with van der Waals surface area (Å²) < 4.78 is 1.02. The van der Waals surface area contributed by atoms with Gasteiger partial charge in [-0.25, -0.2) is 0 Å². The molecule has 0 spiro atoms. The highest BCUT2D eigenvalue weighted by atomic mass is 79.9. The summed E-state index contributed by atoms with van der Waals surface area (Å²) in [6.45, 7) is 4.95. The molecule has 1 N–H and O–H groups in total. The van der Waals surface area contributed by atoms with Gasteiger partial charge in [0.1, 0.15) is 0 Å². The lowest BCUT2D eigenvalue weighted by Gasteiger charge is -2.22. The third-order valence-corrected chi connectivity index (χ3v) is 3.75. The van der Waals surface area contributed by atoms with Gasteiger partial charge in [0, 0.05) is 22.4 Å². The van der Waals surface area contributed by atoms with Crippen molar-refractivity contribution in [3.63, 3.8) is 0 Å². The number of hydrogen-bond donors (Lipinski definition) is 1. The Kier molecular flexibility index (Phi) is 5.39. The summed E-state index contributed by atoms with van der Waals surface area (Å²) >= 11 is 3.39. The first-order valence-electron chi connectivity index (χ1n) is 6.96. The lowest BCUT2D eigenvalue weighted by molar-refractivity contribution is -0.116. The molecule has 0 aromatic heterocycles. The van der Waals surface area contributed by atoms with Crippen LogP contribution in [0.15, 0.2) is 53.0 Å². The van der Waals surface area contributed by atoms with Crippen LogP contribution in [-0.4, -0.2) is 19.0 Å². The van der Waals surface area contributed by atoms with Gasteiger partial charge in [-0.2, -0.15) is 0 Å². The molecule has 0 aliphatic carbocycles. The van der Waals surface area contributed by atoms with Crippen molar-refractivity contribution in [2.75, 3.05) is 23.3 Å². The van der Waals surface area contributed by atoms with Crippen LogP contribution in [0.4, 0.5) is 11.4 Å². The predicted octanol–water partition coefficient (Wildman–Crippen LogP) is 4.22. The van der Waals surface area contributed by atoms with Gasteiger partial charge < -0.3 is 10.2 Å². The quantitative estimate of drug-likeness (QED) is 0.878. The molecular weight excluding hydrogens is 328 g/mol. The fourth-order valence-electron chi connectivity index (χ4n) is 2.14. The van der Waals surface area contributed by atoms with E-state index in [1.165, 1.54) is 0 Å². The van der Waals surface area contributed by atoms with Gasteiger partial charge in [0.05, 0.1) is 6.54 Å². The van der Waals surface area contributed by atoms with E-state index in [1.807, 2.05) is 62.4 Å². The molecule has 2 aromatic carbocycles. The summed E-state index contributed by atoms with van der Waals surface area (Å²) in [7, 11) is 0. The molecule has 0 saturated carbocycles. The Morgan fingerprint density at radius 1 is 1.19 bits per heavy atom. The third-order valence-electron chi connectivity index (χ3n) is 3.22. The molecule has 110 valence electrons. The average Bonchev–Trinajstić information content (AvgIpc) is 2.47. The first-order chi connectivity index (χ1) is 10.1. The van der Waals surface area contributed by atoms with Gasteiger partial charge in [0.2, 0.25) is 5.91 Å². The fraction of sp³-hybridized carbons (Fsp3) is 0.235. The van der Waals surface area contributed by atoms with Gasteiger partial charge in [-0.1, -0.05) is 28.1 Å². The van der Waals surface area contributed by atoms with Crippen LogP contribution < -0.4 is 10.2 Å². The summed E-state index contributed by atoms with van der Waals surface area (Å²) in [5.41, 5.74) is 3.03. The lowest BCUT2D eigenvalue weighted by atomic mass is 10.2. The lowest BCUT2D eigenvalue weighted by Crippen LogP contribution is -2.35. The maximum Gasteiger partial charge on any atom is 0.246 e. The van der Waals surface area contributed by atoms with Gasteiger partial charge in [-0.3, -0.25) is 4.79 Å². The second-order valence-electron chi connectivity index (χ2n) is 4.84. The minimum Gasteiger partial charge on any atom is -0.376 e. The van der Waals surface area contributed by atoms with E-state index in [2.05, 4.69) is 21.2 Å². The number of carbonyl (C=O) groups is 1. The fourth-order valence-corrected chi connectivity index (χ4v) is 2.40. The second-order valence-corrected chi connectivity index (χ2v) is 5.75. The van der Waals surface area contributed by atoms with Gasteiger partial charge >= 0.3 is 0 Å². The number of nitrogens with one attached hydrogen (secondary N) is 1. The highest BCUT2D eigenvalue weighted by Gasteiger charge is 2.13. The Morgan fingerprint density at radius 2 is 1.90 bits per heavy atom. The molecule has 0 atom stereocenters.